The van der Waals surface area contributed by atoms with Gasteiger partial charge in [-0.1, -0.05) is 0 Å². The van der Waals surface area contributed by atoms with E-state index in [1.54, 1.807) is 32.7 Å². The molecule has 1 saturated heterocycles. The number of halogens is 1. The average Bonchev–Trinajstić information content (AvgIpc) is 3.02. The summed E-state index contributed by atoms with van der Waals surface area (Å²) in [5.41, 5.74) is 2.01. The summed E-state index contributed by atoms with van der Waals surface area (Å²) in [6, 6.07) is 4.23. The number of nitrogens with zero attached hydrogens (tertiary/aromatic N) is 2. The Labute approximate surface area is 192 Å². The molecule has 0 atom stereocenters. The second-order valence-corrected chi connectivity index (χ2v) is 8.36. The number of anilines is 1. The molecule has 0 radical (unpaired) electrons. The highest BCUT2D eigenvalue weighted by Gasteiger charge is 2.29. The van der Waals surface area contributed by atoms with Crippen molar-refractivity contribution in [1.82, 2.24) is 14.8 Å². The van der Waals surface area contributed by atoms with Crippen LogP contribution in [0.1, 0.15) is 56.9 Å². The molecule has 0 spiro atoms. The van der Waals surface area contributed by atoms with Crippen molar-refractivity contribution in [1.29, 1.82) is 0 Å². The molecule has 3 amide bonds. The number of likely N-dealkylation sites (tertiary alicyclic amines) is 1. The van der Waals surface area contributed by atoms with Gasteiger partial charge in [0.15, 0.2) is 0 Å². The van der Waals surface area contributed by atoms with Crippen LogP contribution in [0, 0.1) is 26.6 Å². The Morgan fingerprint density at radius 2 is 1.70 bits per heavy atom. The minimum atomic E-state index is -0.898. The molecule has 2 aromatic rings. The summed E-state index contributed by atoms with van der Waals surface area (Å²) in [7, 11) is 1.60. The van der Waals surface area contributed by atoms with Crippen molar-refractivity contribution in [2.24, 2.45) is 7.05 Å². The lowest BCUT2D eigenvalue weighted by atomic mass is 10.1. The van der Waals surface area contributed by atoms with E-state index < -0.39 is 17.6 Å². The summed E-state index contributed by atoms with van der Waals surface area (Å²) >= 11 is 0. The van der Waals surface area contributed by atoms with Gasteiger partial charge in [-0.25, -0.2) is 4.39 Å². The molecule has 0 aliphatic carbocycles. The number of piperidine rings is 1. The second kappa shape index (κ2) is 9.97. The van der Waals surface area contributed by atoms with Crippen LogP contribution in [0.15, 0.2) is 18.2 Å². The van der Waals surface area contributed by atoms with Gasteiger partial charge in [0.2, 0.25) is 5.91 Å². The number of aromatic nitrogens is 1. The Morgan fingerprint density at radius 1 is 1.03 bits per heavy atom. The molecule has 0 unspecified atom stereocenters. The minimum absolute atomic E-state index is 0.0795. The Bertz CT molecular complexity index is 1120. The van der Waals surface area contributed by atoms with Crippen LogP contribution >= 0.6 is 0 Å². The standard InChI is InChI=1S/C24H29FN4O4/c1-14-12-17(8-9-18(14)25)27-23(32)20-15(2)21(28(4)16(20)3)22(31)24(33)26-13-19(30)29-10-6-5-7-11-29/h8-9,12H,5-7,10-11,13H2,1-4H3,(H,26,33)(H,27,32). The molecule has 0 bridgehead atoms. The number of Topliss-reactive ketones (excluding diaryl/α,β-unsaturated/α-hetero) is 1. The van der Waals surface area contributed by atoms with Crippen molar-refractivity contribution in [3.63, 3.8) is 0 Å². The molecule has 1 aliphatic rings. The zero-order valence-corrected chi connectivity index (χ0v) is 19.4. The van der Waals surface area contributed by atoms with Crippen molar-refractivity contribution < 1.29 is 23.6 Å². The quantitative estimate of drug-likeness (QED) is 0.516. The van der Waals surface area contributed by atoms with Crippen molar-refractivity contribution in [2.45, 2.75) is 40.0 Å². The van der Waals surface area contributed by atoms with Crippen LogP contribution < -0.4 is 10.6 Å². The molecule has 1 aliphatic heterocycles. The molecule has 2 N–H and O–H groups in total. The van der Waals surface area contributed by atoms with Crippen LogP contribution in [0.2, 0.25) is 0 Å². The van der Waals surface area contributed by atoms with Crippen molar-refractivity contribution in [3.8, 4) is 0 Å². The van der Waals surface area contributed by atoms with Crippen LogP contribution in [0.25, 0.3) is 0 Å². The lowest BCUT2D eigenvalue weighted by Gasteiger charge is -2.26. The highest BCUT2D eigenvalue weighted by molar-refractivity contribution is 6.43. The Hall–Kier alpha value is -3.49. The van der Waals surface area contributed by atoms with Crippen LogP contribution in [-0.4, -0.2) is 52.6 Å². The van der Waals surface area contributed by atoms with Crippen LogP contribution in [0.4, 0.5) is 10.1 Å². The number of hydrogen-bond donors (Lipinski definition) is 2. The molecular formula is C24H29FN4O4. The van der Waals surface area contributed by atoms with E-state index in [4.69, 9.17) is 0 Å². The molecule has 176 valence electrons. The Kier molecular flexibility index (Phi) is 7.30. The fourth-order valence-electron chi connectivity index (χ4n) is 4.15. The van der Waals surface area contributed by atoms with Gasteiger partial charge in [-0.05, 0) is 69.4 Å². The molecule has 2 heterocycles. The third-order valence-electron chi connectivity index (χ3n) is 6.10. The first kappa shape index (κ1) is 24.2. The molecular weight excluding hydrogens is 427 g/mol. The van der Waals surface area contributed by atoms with Crippen molar-refractivity contribution in [2.75, 3.05) is 25.0 Å². The molecule has 1 aromatic heterocycles. The maximum atomic E-state index is 13.5. The van der Waals surface area contributed by atoms with E-state index in [2.05, 4.69) is 10.6 Å². The zero-order valence-electron chi connectivity index (χ0n) is 19.4. The smallest absolute Gasteiger partial charge is 0.294 e. The number of nitrogens with one attached hydrogen (secondary N) is 2. The molecule has 1 aromatic carbocycles. The van der Waals surface area contributed by atoms with E-state index in [0.717, 1.165) is 19.3 Å². The molecule has 9 heteroatoms. The summed E-state index contributed by atoms with van der Waals surface area (Å²) in [4.78, 5) is 52.3. The van der Waals surface area contributed by atoms with E-state index >= 15 is 0 Å². The fourth-order valence-corrected chi connectivity index (χ4v) is 4.15. The number of ketones is 1. The van der Waals surface area contributed by atoms with E-state index in [0.29, 0.717) is 35.6 Å². The van der Waals surface area contributed by atoms with Gasteiger partial charge < -0.3 is 20.1 Å². The van der Waals surface area contributed by atoms with Gasteiger partial charge in [0.05, 0.1) is 17.8 Å². The maximum absolute atomic E-state index is 13.5. The lowest BCUT2D eigenvalue weighted by Crippen LogP contribution is -2.44. The summed E-state index contributed by atoms with van der Waals surface area (Å²) in [6.07, 6.45) is 2.95. The van der Waals surface area contributed by atoms with E-state index in [1.165, 1.54) is 22.8 Å². The summed E-state index contributed by atoms with van der Waals surface area (Å²) in [6.45, 7) is 5.93. The number of amides is 3. The van der Waals surface area contributed by atoms with Gasteiger partial charge in [0.1, 0.15) is 5.82 Å². The van der Waals surface area contributed by atoms with Gasteiger partial charge in [0.25, 0.3) is 17.6 Å². The molecule has 33 heavy (non-hydrogen) atoms. The first-order valence-electron chi connectivity index (χ1n) is 11.0. The minimum Gasteiger partial charge on any atom is -0.344 e. The van der Waals surface area contributed by atoms with Crippen molar-refractivity contribution in [3.05, 3.63) is 52.1 Å². The van der Waals surface area contributed by atoms with Crippen LogP contribution in [0.3, 0.4) is 0 Å². The maximum Gasteiger partial charge on any atom is 0.294 e. The number of carbonyl (C=O) groups is 4. The van der Waals surface area contributed by atoms with Crippen molar-refractivity contribution >= 4 is 29.2 Å². The van der Waals surface area contributed by atoms with Crippen LogP contribution in [0.5, 0.6) is 0 Å². The number of rotatable bonds is 6. The van der Waals surface area contributed by atoms with Gasteiger partial charge >= 0.3 is 0 Å². The third kappa shape index (κ3) is 5.13. The van der Waals surface area contributed by atoms with Gasteiger partial charge in [-0.2, -0.15) is 0 Å². The summed E-state index contributed by atoms with van der Waals surface area (Å²) < 4.78 is 15.0. The predicted octanol–water partition coefficient (Wildman–Crippen LogP) is 2.65. The number of aryl methyl sites for hydroxylation is 1. The largest absolute Gasteiger partial charge is 0.344 e. The highest BCUT2D eigenvalue weighted by atomic mass is 19.1. The van der Waals surface area contributed by atoms with Gasteiger partial charge in [-0.3, -0.25) is 19.2 Å². The number of benzene rings is 1. The van der Waals surface area contributed by atoms with E-state index in [1.807, 2.05) is 0 Å². The number of hydrogen-bond acceptors (Lipinski definition) is 4. The average molecular weight is 457 g/mol. The summed E-state index contributed by atoms with van der Waals surface area (Å²) in [5, 5.41) is 5.12. The molecule has 8 nitrogen and oxygen atoms in total. The topological polar surface area (TPSA) is 101 Å². The first-order valence-corrected chi connectivity index (χ1v) is 11.0. The predicted molar refractivity (Wildman–Crippen MR) is 122 cm³/mol. The molecule has 1 fully saturated rings. The lowest BCUT2D eigenvalue weighted by molar-refractivity contribution is -0.132. The van der Waals surface area contributed by atoms with E-state index in [-0.39, 0.29) is 29.5 Å². The zero-order chi connectivity index (χ0) is 24.3. The molecule has 3 rings (SSSR count). The second-order valence-electron chi connectivity index (χ2n) is 8.36. The van der Waals surface area contributed by atoms with Crippen LogP contribution in [-0.2, 0) is 16.6 Å². The normalized spacial score (nSPS) is 13.5. The third-order valence-corrected chi connectivity index (χ3v) is 6.10. The SMILES string of the molecule is Cc1cc(NC(=O)c2c(C)c(C(=O)C(=O)NCC(=O)N3CCCCC3)n(C)c2C)ccc1F. The van der Waals surface area contributed by atoms with Gasteiger partial charge in [0, 0.05) is 31.5 Å². The monoisotopic (exact) mass is 456 g/mol. The molecule has 0 saturated carbocycles. The van der Waals surface area contributed by atoms with E-state index in [9.17, 15) is 23.6 Å². The fraction of sp³-hybridized carbons (Fsp3) is 0.417. The summed E-state index contributed by atoms with van der Waals surface area (Å²) in [5.74, 6) is -2.78. The number of carbonyl (C=O) groups excluding carboxylic acids is 4. The first-order chi connectivity index (χ1) is 15.6. The Morgan fingerprint density at radius 3 is 2.33 bits per heavy atom. The van der Waals surface area contributed by atoms with Gasteiger partial charge in [-0.15, -0.1) is 0 Å². The Balaban J connectivity index is 1.73. The highest BCUT2D eigenvalue weighted by Crippen LogP contribution is 2.24.